The van der Waals surface area contributed by atoms with Gasteiger partial charge in [0, 0.05) is 18.8 Å². The number of urea groups is 1. The van der Waals surface area contributed by atoms with E-state index >= 15 is 0 Å². The molecule has 0 atom stereocenters. The number of fused-ring (bicyclic) bond motifs is 1. The average molecular weight is 367 g/mol. The predicted molar refractivity (Wildman–Crippen MR) is 102 cm³/mol. The zero-order chi connectivity index (χ0) is 19.4. The van der Waals surface area contributed by atoms with Crippen LogP contribution in [0.4, 0.5) is 16.2 Å². The molecule has 3 N–H and O–H groups in total. The lowest BCUT2D eigenvalue weighted by molar-refractivity contribution is -0.115. The second-order valence-corrected chi connectivity index (χ2v) is 6.31. The number of carboxylic acid groups (broad SMARTS) is 1. The topological polar surface area (TPSA) is 98.7 Å². The smallest absolute Gasteiger partial charge is 0.335 e. The number of hydrogen-bond acceptors (Lipinski definition) is 3. The molecule has 0 saturated carbocycles. The summed E-state index contributed by atoms with van der Waals surface area (Å²) in [4.78, 5) is 37.2. The van der Waals surface area contributed by atoms with E-state index in [2.05, 4.69) is 10.6 Å². The van der Waals surface area contributed by atoms with Crippen LogP contribution in [0.1, 0.15) is 28.4 Å². The van der Waals surface area contributed by atoms with Crippen molar-refractivity contribution in [2.24, 2.45) is 0 Å². The summed E-state index contributed by atoms with van der Waals surface area (Å²) >= 11 is 0. The molecule has 1 heterocycles. The van der Waals surface area contributed by atoms with Crippen molar-refractivity contribution in [3.05, 3.63) is 59.2 Å². The van der Waals surface area contributed by atoms with Crippen LogP contribution in [0, 0.1) is 0 Å². The number of carbonyl (C=O) groups excluding carboxylic acids is 2. The standard InChI is InChI=1S/C20H21N3O4/c1-2-21-20(27)23-9-8-14-6-7-16(12-17(14)23)22-18(24)11-13-4-3-5-15(10-13)19(25)26/h3-7,10,12H,2,8-9,11H2,1H3,(H,21,27)(H,22,24)(H,25,26). The Kier molecular flexibility index (Phi) is 5.40. The van der Waals surface area contributed by atoms with Crippen molar-refractivity contribution in [3.8, 4) is 0 Å². The normalized spacial score (nSPS) is 12.4. The lowest BCUT2D eigenvalue weighted by Crippen LogP contribution is -2.38. The Morgan fingerprint density at radius 2 is 1.96 bits per heavy atom. The number of carbonyl (C=O) groups is 3. The molecule has 7 nitrogen and oxygen atoms in total. The zero-order valence-corrected chi connectivity index (χ0v) is 15.0. The fourth-order valence-electron chi connectivity index (χ4n) is 3.12. The summed E-state index contributed by atoms with van der Waals surface area (Å²) < 4.78 is 0. The highest BCUT2D eigenvalue weighted by molar-refractivity contribution is 5.97. The number of nitrogens with zero attached hydrogens (tertiary/aromatic N) is 1. The molecule has 1 aliphatic heterocycles. The number of hydrogen-bond donors (Lipinski definition) is 3. The van der Waals surface area contributed by atoms with Gasteiger partial charge in [0.2, 0.25) is 5.91 Å². The van der Waals surface area contributed by atoms with E-state index in [1.165, 1.54) is 12.1 Å². The van der Waals surface area contributed by atoms with E-state index in [1.807, 2.05) is 19.1 Å². The maximum Gasteiger partial charge on any atom is 0.335 e. The third-order valence-electron chi connectivity index (χ3n) is 4.38. The van der Waals surface area contributed by atoms with E-state index in [1.54, 1.807) is 23.1 Å². The lowest BCUT2D eigenvalue weighted by Gasteiger charge is -2.18. The van der Waals surface area contributed by atoms with E-state index < -0.39 is 5.97 Å². The number of carboxylic acids is 1. The van der Waals surface area contributed by atoms with Crippen LogP contribution in [0.2, 0.25) is 0 Å². The SMILES string of the molecule is CCNC(=O)N1CCc2ccc(NC(=O)Cc3cccc(C(=O)O)c3)cc21. The van der Waals surface area contributed by atoms with E-state index in [4.69, 9.17) is 5.11 Å². The minimum Gasteiger partial charge on any atom is -0.478 e. The van der Waals surface area contributed by atoms with Crippen LogP contribution in [0.3, 0.4) is 0 Å². The zero-order valence-electron chi connectivity index (χ0n) is 15.0. The second kappa shape index (κ2) is 7.90. The third kappa shape index (κ3) is 4.25. The Morgan fingerprint density at radius 1 is 1.15 bits per heavy atom. The third-order valence-corrected chi connectivity index (χ3v) is 4.38. The molecule has 2 aromatic carbocycles. The molecule has 1 aliphatic rings. The van der Waals surface area contributed by atoms with Gasteiger partial charge in [-0.15, -0.1) is 0 Å². The number of amides is 3. The van der Waals surface area contributed by atoms with Gasteiger partial charge in [-0.05, 0) is 48.7 Å². The van der Waals surface area contributed by atoms with Gasteiger partial charge in [-0.1, -0.05) is 18.2 Å². The molecule has 3 amide bonds. The van der Waals surface area contributed by atoms with Gasteiger partial charge in [0.25, 0.3) is 0 Å². The molecule has 0 bridgehead atoms. The van der Waals surface area contributed by atoms with Crippen molar-refractivity contribution in [3.63, 3.8) is 0 Å². The Balaban J connectivity index is 1.70. The fraction of sp³-hybridized carbons (Fsp3) is 0.250. The van der Waals surface area contributed by atoms with Gasteiger partial charge in [-0.3, -0.25) is 9.69 Å². The van der Waals surface area contributed by atoms with Crippen LogP contribution in [0.15, 0.2) is 42.5 Å². The maximum atomic E-state index is 12.3. The fourth-order valence-corrected chi connectivity index (χ4v) is 3.12. The number of aromatic carboxylic acids is 1. The Bertz CT molecular complexity index is 895. The summed E-state index contributed by atoms with van der Waals surface area (Å²) in [5, 5.41) is 14.6. The lowest BCUT2D eigenvalue weighted by atomic mass is 10.1. The van der Waals surface area contributed by atoms with Crippen molar-refractivity contribution in [1.29, 1.82) is 0 Å². The van der Waals surface area contributed by atoms with Gasteiger partial charge in [0.1, 0.15) is 0 Å². The number of nitrogens with one attached hydrogen (secondary N) is 2. The Labute approximate surface area is 157 Å². The van der Waals surface area contributed by atoms with Gasteiger partial charge in [-0.2, -0.15) is 0 Å². The van der Waals surface area contributed by atoms with Crippen molar-refractivity contribution in [2.75, 3.05) is 23.3 Å². The molecule has 0 aromatic heterocycles. The molecule has 2 aromatic rings. The van der Waals surface area contributed by atoms with Gasteiger partial charge in [0.05, 0.1) is 17.7 Å². The van der Waals surface area contributed by atoms with Gasteiger partial charge in [-0.25, -0.2) is 9.59 Å². The first kappa shape index (κ1) is 18.4. The Morgan fingerprint density at radius 3 is 2.70 bits per heavy atom. The quantitative estimate of drug-likeness (QED) is 0.757. The maximum absolute atomic E-state index is 12.3. The largest absolute Gasteiger partial charge is 0.478 e. The van der Waals surface area contributed by atoms with Crippen molar-refractivity contribution in [2.45, 2.75) is 19.8 Å². The molecule has 0 spiro atoms. The van der Waals surface area contributed by atoms with Crippen LogP contribution in [-0.2, 0) is 17.6 Å². The number of rotatable bonds is 5. The highest BCUT2D eigenvalue weighted by atomic mass is 16.4. The van der Waals surface area contributed by atoms with E-state index in [9.17, 15) is 14.4 Å². The predicted octanol–water partition coefficient (Wildman–Crippen LogP) is 2.66. The molecule has 7 heteroatoms. The van der Waals surface area contributed by atoms with Crippen LogP contribution in [0.5, 0.6) is 0 Å². The van der Waals surface area contributed by atoms with Crippen molar-refractivity contribution < 1.29 is 19.5 Å². The first-order valence-corrected chi connectivity index (χ1v) is 8.78. The van der Waals surface area contributed by atoms with Crippen LogP contribution in [0.25, 0.3) is 0 Å². The average Bonchev–Trinajstić information content (AvgIpc) is 3.05. The molecule has 140 valence electrons. The monoisotopic (exact) mass is 367 g/mol. The second-order valence-electron chi connectivity index (χ2n) is 6.31. The van der Waals surface area contributed by atoms with Crippen LogP contribution in [-0.4, -0.2) is 36.1 Å². The summed E-state index contributed by atoms with van der Waals surface area (Å²) in [7, 11) is 0. The number of benzene rings is 2. The van der Waals surface area contributed by atoms with Crippen molar-refractivity contribution in [1.82, 2.24) is 5.32 Å². The molecule has 3 rings (SSSR count). The highest BCUT2D eigenvalue weighted by Gasteiger charge is 2.24. The van der Waals surface area contributed by atoms with Gasteiger partial charge >= 0.3 is 12.0 Å². The minimum atomic E-state index is -1.03. The summed E-state index contributed by atoms with van der Waals surface area (Å²) in [5.74, 6) is -1.28. The van der Waals surface area contributed by atoms with Crippen molar-refractivity contribution >= 4 is 29.3 Å². The molecular formula is C20H21N3O4. The molecular weight excluding hydrogens is 346 g/mol. The molecule has 0 radical (unpaired) electrons. The Hall–Kier alpha value is -3.35. The van der Waals surface area contributed by atoms with Crippen LogP contribution >= 0.6 is 0 Å². The minimum absolute atomic E-state index is 0.0677. The van der Waals surface area contributed by atoms with E-state index in [-0.39, 0.29) is 23.9 Å². The van der Waals surface area contributed by atoms with Gasteiger partial charge < -0.3 is 15.7 Å². The molecule has 0 unspecified atom stereocenters. The summed E-state index contributed by atoms with van der Waals surface area (Å²) in [6.07, 6.45) is 0.848. The summed E-state index contributed by atoms with van der Waals surface area (Å²) in [6, 6.07) is 11.7. The summed E-state index contributed by atoms with van der Waals surface area (Å²) in [5.41, 5.74) is 3.23. The van der Waals surface area contributed by atoms with Crippen LogP contribution < -0.4 is 15.5 Å². The molecule has 0 fully saturated rings. The van der Waals surface area contributed by atoms with Gasteiger partial charge in [0.15, 0.2) is 0 Å². The van der Waals surface area contributed by atoms with E-state index in [0.717, 1.165) is 17.7 Å². The highest BCUT2D eigenvalue weighted by Crippen LogP contribution is 2.31. The molecule has 27 heavy (non-hydrogen) atoms. The number of anilines is 2. The first-order chi connectivity index (χ1) is 13.0. The molecule has 0 aliphatic carbocycles. The molecule has 0 saturated heterocycles. The summed E-state index contributed by atoms with van der Waals surface area (Å²) in [6.45, 7) is 3.03. The first-order valence-electron chi connectivity index (χ1n) is 8.78. The van der Waals surface area contributed by atoms with E-state index in [0.29, 0.717) is 24.3 Å².